The lowest BCUT2D eigenvalue weighted by Crippen LogP contribution is -2.61. The molecule has 0 bridgehead atoms. The molecule has 3 aliphatic heterocycles. The van der Waals surface area contributed by atoms with E-state index in [0.717, 1.165) is 45.6 Å². The molecule has 0 spiro atoms. The molecule has 1 aromatic rings. The van der Waals surface area contributed by atoms with Crippen molar-refractivity contribution in [3.8, 4) is 0 Å². The molecule has 2 N–H and O–H groups in total. The molecule has 3 fully saturated rings. The van der Waals surface area contributed by atoms with Crippen LogP contribution >= 0.6 is 0 Å². The SMILES string of the molecule is O=C(O)C(F)(F)F.O=C(O)C(F)(F)F.O=C1CCCN1[C@@H]1CN(Cc2ccncc2)C[C@@H]2CCCO[C@@H]21. The van der Waals surface area contributed by atoms with Crippen molar-refractivity contribution in [2.24, 2.45) is 5.92 Å². The van der Waals surface area contributed by atoms with Crippen LogP contribution in [0.25, 0.3) is 0 Å². The highest BCUT2D eigenvalue weighted by atomic mass is 19.4. The van der Waals surface area contributed by atoms with Crippen LogP contribution in [-0.2, 0) is 25.7 Å². The minimum absolute atomic E-state index is 0.228. The Morgan fingerprint density at radius 2 is 1.57 bits per heavy atom. The van der Waals surface area contributed by atoms with Gasteiger partial charge in [0.2, 0.25) is 5.91 Å². The summed E-state index contributed by atoms with van der Waals surface area (Å²) in [5.74, 6) is -4.65. The van der Waals surface area contributed by atoms with Crippen LogP contribution in [0.3, 0.4) is 0 Å². The number of aliphatic carboxylic acids is 2. The molecule has 3 aliphatic rings. The van der Waals surface area contributed by atoms with Crippen LogP contribution in [-0.4, -0.2) is 93.6 Å². The van der Waals surface area contributed by atoms with Gasteiger partial charge < -0.3 is 19.8 Å². The second kappa shape index (κ2) is 13.0. The van der Waals surface area contributed by atoms with E-state index in [9.17, 15) is 31.1 Å². The van der Waals surface area contributed by atoms with Crippen LogP contribution in [0.1, 0.15) is 31.2 Å². The maximum atomic E-state index is 12.3. The Balaban J connectivity index is 0.000000286. The molecule has 0 aliphatic carbocycles. The second-order valence-corrected chi connectivity index (χ2v) is 8.65. The number of aromatic nitrogens is 1. The number of hydrogen-bond acceptors (Lipinski definition) is 6. The van der Waals surface area contributed by atoms with Gasteiger partial charge in [-0.05, 0) is 42.9 Å². The minimum atomic E-state index is -5.08. The highest BCUT2D eigenvalue weighted by molar-refractivity contribution is 5.78. The number of ether oxygens (including phenoxy) is 1. The van der Waals surface area contributed by atoms with E-state index in [0.29, 0.717) is 18.2 Å². The van der Waals surface area contributed by atoms with E-state index in [2.05, 4.69) is 26.9 Å². The number of pyridine rings is 1. The quantitative estimate of drug-likeness (QED) is 0.559. The number of amides is 1. The number of fused-ring (bicyclic) bond motifs is 1. The average Bonchev–Trinajstić information content (AvgIpc) is 3.24. The van der Waals surface area contributed by atoms with Gasteiger partial charge in [0.15, 0.2) is 0 Å². The maximum Gasteiger partial charge on any atom is 0.490 e. The smallest absolute Gasteiger partial charge is 0.475 e. The molecule has 0 unspecified atom stereocenters. The summed E-state index contributed by atoms with van der Waals surface area (Å²) in [5.41, 5.74) is 1.29. The summed E-state index contributed by atoms with van der Waals surface area (Å²) in [7, 11) is 0. The largest absolute Gasteiger partial charge is 0.490 e. The van der Waals surface area contributed by atoms with E-state index in [-0.39, 0.29) is 12.1 Å². The third kappa shape index (κ3) is 9.46. The fourth-order valence-corrected chi connectivity index (χ4v) is 4.43. The predicted octanol–water partition coefficient (Wildman–Crippen LogP) is 2.95. The zero-order valence-corrected chi connectivity index (χ0v) is 19.5. The van der Waals surface area contributed by atoms with Gasteiger partial charge in [-0.1, -0.05) is 0 Å². The van der Waals surface area contributed by atoms with Crippen LogP contribution in [0.2, 0.25) is 0 Å². The first-order valence-corrected chi connectivity index (χ1v) is 11.3. The molecule has 4 heterocycles. The van der Waals surface area contributed by atoms with Crippen molar-refractivity contribution in [1.82, 2.24) is 14.8 Å². The standard InChI is InChI=1S/C18H25N3O2.2C2HF3O2/c22-17-4-1-9-21(17)16-13-20(11-14-5-7-19-8-6-14)12-15-3-2-10-23-18(15)16;2*3-2(4,5)1(6)7/h5-8,15-16,18H,1-4,9-13H2;2*(H,6,7)/t15-,16+,18-;;/m0../s1. The first-order valence-electron chi connectivity index (χ1n) is 11.3. The zero-order valence-electron chi connectivity index (χ0n) is 19.5. The van der Waals surface area contributed by atoms with Crippen molar-refractivity contribution in [3.63, 3.8) is 0 Å². The van der Waals surface area contributed by atoms with Gasteiger partial charge in [-0.15, -0.1) is 0 Å². The molecular formula is C22H27F6N3O6. The Morgan fingerprint density at radius 1 is 1.00 bits per heavy atom. The molecule has 1 amide bonds. The fraction of sp³-hybridized carbons (Fsp3) is 0.636. The van der Waals surface area contributed by atoms with Gasteiger partial charge in [0.25, 0.3) is 0 Å². The molecular weight excluding hydrogens is 516 g/mol. The van der Waals surface area contributed by atoms with E-state index < -0.39 is 24.3 Å². The Hall–Kier alpha value is -2.94. The van der Waals surface area contributed by atoms with Gasteiger partial charge in [-0.25, -0.2) is 9.59 Å². The topological polar surface area (TPSA) is 120 Å². The molecule has 37 heavy (non-hydrogen) atoms. The Labute approximate surface area is 208 Å². The van der Waals surface area contributed by atoms with E-state index >= 15 is 0 Å². The monoisotopic (exact) mass is 543 g/mol. The highest BCUT2D eigenvalue weighted by Crippen LogP contribution is 2.33. The minimum Gasteiger partial charge on any atom is -0.475 e. The lowest BCUT2D eigenvalue weighted by atomic mass is 9.84. The number of carboxylic acids is 2. The molecule has 208 valence electrons. The summed E-state index contributed by atoms with van der Waals surface area (Å²) < 4.78 is 69.6. The molecule has 4 rings (SSSR count). The number of carboxylic acid groups (broad SMARTS) is 2. The van der Waals surface area contributed by atoms with Crippen LogP contribution in [0.4, 0.5) is 26.3 Å². The van der Waals surface area contributed by atoms with Crippen LogP contribution < -0.4 is 0 Å². The van der Waals surface area contributed by atoms with E-state index in [4.69, 9.17) is 24.5 Å². The number of carbonyl (C=O) groups is 3. The van der Waals surface area contributed by atoms with E-state index in [1.807, 2.05) is 12.4 Å². The van der Waals surface area contributed by atoms with E-state index in [1.54, 1.807) is 0 Å². The predicted molar refractivity (Wildman–Crippen MR) is 114 cm³/mol. The van der Waals surface area contributed by atoms with Crippen LogP contribution in [0.15, 0.2) is 24.5 Å². The number of hydrogen-bond donors (Lipinski definition) is 2. The van der Waals surface area contributed by atoms with Crippen molar-refractivity contribution < 1.29 is 55.7 Å². The summed E-state index contributed by atoms with van der Waals surface area (Å²) in [6.07, 6.45) is -2.16. The highest BCUT2D eigenvalue weighted by Gasteiger charge is 2.44. The number of rotatable bonds is 3. The van der Waals surface area contributed by atoms with Gasteiger partial charge in [0.1, 0.15) is 0 Å². The number of carbonyl (C=O) groups excluding carboxylic acids is 1. The molecule has 15 heteroatoms. The first-order chi connectivity index (χ1) is 17.2. The van der Waals surface area contributed by atoms with Gasteiger partial charge in [0, 0.05) is 51.6 Å². The van der Waals surface area contributed by atoms with Crippen LogP contribution in [0, 0.1) is 5.92 Å². The summed E-state index contributed by atoms with van der Waals surface area (Å²) >= 11 is 0. The fourth-order valence-electron chi connectivity index (χ4n) is 4.43. The van der Waals surface area contributed by atoms with Gasteiger partial charge in [0.05, 0.1) is 12.1 Å². The molecule has 0 radical (unpaired) electrons. The summed E-state index contributed by atoms with van der Waals surface area (Å²) in [6, 6.07) is 4.39. The number of halogens is 6. The number of likely N-dealkylation sites (tertiary alicyclic amines) is 2. The Morgan fingerprint density at radius 3 is 2.05 bits per heavy atom. The second-order valence-electron chi connectivity index (χ2n) is 8.65. The average molecular weight is 543 g/mol. The Kier molecular flexibility index (Phi) is 10.7. The van der Waals surface area contributed by atoms with E-state index in [1.165, 1.54) is 12.0 Å². The maximum absolute atomic E-state index is 12.3. The van der Waals surface area contributed by atoms with Crippen molar-refractivity contribution in [2.75, 3.05) is 26.2 Å². The summed E-state index contributed by atoms with van der Waals surface area (Å²) in [4.78, 5) is 38.7. The number of piperidine rings is 1. The van der Waals surface area contributed by atoms with Crippen molar-refractivity contribution in [2.45, 2.75) is 56.7 Å². The zero-order chi connectivity index (χ0) is 27.8. The molecule has 9 nitrogen and oxygen atoms in total. The number of nitrogens with zero attached hydrogens (tertiary/aromatic N) is 3. The normalized spacial score (nSPS) is 24.2. The van der Waals surface area contributed by atoms with Gasteiger partial charge in [-0.3, -0.25) is 14.7 Å². The third-order valence-corrected chi connectivity index (χ3v) is 5.96. The first kappa shape index (κ1) is 30.3. The van der Waals surface area contributed by atoms with Crippen LogP contribution in [0.5, 0.6) is 0 Å². The lowest BCUT2D eigenvalue weighted by Gasteiger charge is -2.48. The van der Waals surface area contributed by atoms with Crippen molar-refractivity contribution >= 4 is 17.8 Å². The summed E-state index contributed by atoms with van der Waals surface area (Å²) in [6.45, 7) is 4.69. The molecule has 3 atom stereocenters. The molecule has 3 saturated heterocycles. The molecule has 0 aromatic carbocycles. The van der Waals surface area contributed by atoms with Gasteiger partial charge in [-0.2, -0.15) is 26.3 Å². The third-order valence-electron chi connectivity index (χ3n) is 5.96. The van der Waals surface area contributed by atoms with Gasteiger partial charge >= 0.3 is 24.3 Å². The number of alkyl halides is 6. The summed E-state index contributed by atoms with van der Waals surface area (Å²) in [5, 5.41) is 14.2. The molecule has 0 saturated carbocycles. The lowest BCUT2D eigenvalue weighted by molar-refractivity contribution is -0.193. The van der Waals surface area contributed by atoms with Crippen molar-refractivity contribution in [3.05, 3.63) is 30.1 Å². The molecule has 1 aromatic heterocycles. The van der Waals surface area contributed by atoms with Crippen molar-refractivity contribution in [1.29, 1.82) is 0 Å². The Bertz CT molecular complexity index is 890.